The second kappa shape index (κ2) is 11.8. The Morgan fingerprint density at radius 3 is 2.55 bits per heavy atom. The molecule has 8 heteroatoms. The molecule has 200 valence electrons. The maximum atomic E-state index is 13.7. The van der Waals surface area contributed by atoms with Crippen LogP contribution in [0.3, 0.4) is 0 Å². The molecule has 1 fully saturated rings. The number of furan rings is 1. The van der Waals surface area contributed by atoms with E-state index < -0.39 is 23.5 Å². The fraction of sp³-hybridized carbons (Fsp3) is 0.400. The zero-order valence-corrected chi connectivity index (χ0v) is 21.7. The molecule has 1 unspecified atom stereocenters. The molecule has 3 heterocycles. The largest absolute Gasteiger partial charge is 0.503 e. The lowest BCUT2D eigenvalue weighted by molar-refractivity contribution is -0.129. The second-order valence-corrected chi connectivity index (χ2v) is 9.72. The lowest BCUT2D eigenvalue weighted by Gasteiger charge is -2.30. The molecule has 1 atom stereocenters. The molecule has 1 N–H and O–H groups in total. The van der Waals surface area contributed by atoms with Crippen LogP contribution >= 0.6 is 0 Å². The number of morpholine rings is 1. The summed E-state index contributed by atoms with van der Waals surface area (Å²) < 4.78 is 17.0. The lowest BCUT2D eigenvalue weighted by Crippen LogP contribution is -2.39. The van der Waals surface area contributed by atoms with Crippen molar-refractivity contribution in [3.8, 4) is 5.75 Å². The number of nitrogens with zero attached hydrogens (tertiary/aromatic N) is 2. The number of ether oxygens (including phenoxy) is 2. The van der Waals surface area contributed by atoms with E-state index in [2.05, 4.69) is 11.8 Å². The molecule has 0 aliphatic carbocycles. The van der Waals surface area contributed by atoms with E-state index in [0.717, 1.165) is 49.2 Å². The van der Waals surface area contributed by atoms with Gasteiger partial charge < -0.3 is 23.9 Å². The van der Waals surface area contributed by atoms with E-state index in [9.17, 15) is 14.7 Å². The molecule has 1 saturated heterocycles. The third kappa shape index (κ3) is 5.47. The van der Waals surface area contributed by atoms with Gasteiger partial charge in [-0.3, -0.25) is 14.5 Å². The smallest absolute Gasteiger partial charge is 0.290 e. The van der Waals surface area contributed by atoms with Crippen molar-refractivity contribution in [1.29, 1.82) is 0 Å². The Kier molecular flexibility index (Phi) is 8.10. The average molecular weight is 519 g/mol. The van der Waals surface area contributed by atoms with Crippen molar-refractivity contribution in [3.63, 3.8) is 0 Å². The van der Waals surface area contributed by atoms with Gasteiger partial charge in [0.1, 0.15) is 11.3 Å². The first-order chi connectivity index (χ1) is 18.6. The third-order valence-corrected chi connectivity index (χ3v) is 7.14. The molecule has 8 nitrogen and oxygen atoms in total. The standard InChI is InChI=1S/C30H34N2O6/c1-2-3-17-37-23-11-9-21(10-12-23)27-26(28(33)25-20-22-7-4-5-8-24(22)38-25)29(34)30(35)32(27)14-6-13-31-15-18-36-19-16-31/h4-5,7-12,20,27,34H,2-3,6,13-19H2,1H3. The molecule has 38 heavy (non-hydrogen) atoms. The van der Waals surface area contributed by atoms with Crippen LogP contribution in [0, 0.1) is 0 Å². The van der Waals surface area contributed by atoms with Gasteiger partial charge in [0, 0.05) is 31.6 Å². The Labute approximate surface area is 222 Å². The van der Waals surface area contributed by atoms with Gasteiger partial charge >= 0.3 is 0 Å². The Hall–Kier alpha value is -3.62. The van der Waals surface area contributed by atoms with Gasteiger partial charge in [-0.2, -0.15) is 0 Å². The summed E-state index contributed by atoms with van der Waals surface area (Å²) in [6.07, 6.45) is 2.71. The van der Waals surface area contributed by atoms with E-state index in [4.69, 9.17) is 13.9 Å². The highest BCUT2D eigenvalue weighted by atomic mass is 16.5. The van der Waals surface area contributed by atoms with Crippen molar-refractivity contribution in [2.75, 3.05) is 46.0 Å². The number of unbranched alkanes of at least 4 members (excludes halogenated alkanes) is 1. The highest BCUT2D eigenvalue weighted by molar-refractivity contribution is 6.16. The Balaban J connectivity index is 1.42. The van der Waals surface area contributed by atoms with Crippen molar-refractivity contribution >= 4 is 22.7 Å². The summed E-state index contributed by atoms with van der Waals surface area (Å²) in [5.41, 5.74) is 1.35. The van der Waals surface area contributed by atoms with Crippen LogP contribution in [0.25, 0.3) is 11.0 Å². The summed E-state index contributed by atoms with van der Waals surface area (Å²) >= 11 is 0. The van der Waals surface area contributed by atoms with Crippen molar-refractivity contribution in [2.24, 2.45) is 0 Å². The van der Waals surface area contributed by atoms with Crippen LogP contribution in [-0.4, -0.2) is 72.6 Å². The van der Waals surface area contributed by atoms with E-state index in [0.29, 0.717) is 38.4 Å². The number of hydrogen-bond acceptors (Lipinski definition) is 7. The first-order valence-electron chi connectivity index (χ1n) is 13.4. The second-order valence-electron chi connectivity index (χ2n) is 9.72. The van der Waals surface area contributed by atoms with Gasteiger partial charge in [0.25, 0.3) is 5.91 Å². The summed E-state index contributed by atoms with van der Waals surface area (Å²) in [7, 11) is 0. The minimum absolute atomic E-state index is 0.0417. The van der Waals surface area contributed by atoms with Crippen molar-refractivity contribution in [2.45, 2.75) is 32.2 Å². The number of benzene rings is 2. The van der Waals surface area contributed by atoms with E-state index >= 15 is 0 Å². The van der Waals surface area contributed by atoms with Crippen molar-refractivity contribution in [3.05, 3.63) is 77.3 Å². The van der Waals surface area contributed by atoms with Crippen LogP contribution in [0.4, 0.5) is 0 Å². The van der Waals surface area contributed by atoms with E-state index in [1.54, 1.807) is 17.0 Å². The summed E-state index contributed by atoms with van der Waals surface area (Å²) in [4.78, 5) is 30.9. The minimum Gasteiger partial charge on any atom is -0.503 e. The SMILES string of the molecule is CCCCOc1ccc(C2C(C(=O)c3cc4ccccc4o3)=C(O)C(=O)N2CCCN2CCOCC2)cc1. The molecular weight excluding hydrogens is 484 g/mol. The van der Waals surface area contributed by atoms with Crippen LogP contribution in [-0.2, 0) is 9.53 Å². The molecule has 1 aromatic heterocycles. The number of hydrogen-bond donors (Lipinski definition) is 1. The molecule has 2 aliphatic heterocycles. The topological polar surface area (TPSA) is 92.5 Å². The molecule has 0 spiro atoms. The van der Waals surface area contributed by atoms with Crippen LogP contribution in [0.15, 0.2) is 70.3 Å². The fourth-order valence-electron chi connectivity index (χ4n) is 5.06. The molecule has 0 saturated carbocycles. The Bertz CT molecular complexity index is 1270. The van der Waals surface area contributed by atoms with E-state index in [-0.39, 0.29) is 11.3 Å². The van der Waals surface area contributed by atoms with Crippen LogP contribution in [0.2, 0.25) is 0 Å². The third-order valence-electron chi connectivity index (χ3n) is 7.14. The summed E-state index contributed by atoms with van der Waals surface area (Å²) in [6, 6.07) is 15.7. The van der Waals surface area contributed by atoms with Crippen molar-refractivity contribution in [1.82, 2.24) is 9.80 Å². The highest BCUT2D eigenvalue weighted by Gasteiger charge is 2.44. The van der Waals surface area contributed by atoms with E-state index in [1.807, 2.05) is 42.5 Å². The predicted molar refractivity (Wildman–Crippen MR) is 143 cm³/mol. The molecule has 0 radical (unpaired) electrons. The summed E-state index contributed by atoms with van der Waals surface area (Å²) in [5.74, 6) is -0.727. The quantitative estimate of drug-likeness (QED) is 0.285. The number of Topliss-reactive ketones (excluding diaryl/α,β-unsaturated/α-hetero) is 1. The summed E-state index contributed by atoms with van der Waals surface area (Å²) in [6.45, 7) is 7.06. The minimum atomic E-state index is -0.724. The Morgan fingerprint density at radius 2 is 1.82 bits per heavy atom. The molecule has 0 bridgehead atoms. The molecule has 1 amide bonds. The number of amides is 1. The maximum absolute atomic E-state index is 13.7. The number of para-hydroxylation sites is 1. The number of aliphatic hydroxyl groups is 1. The van der Waals surface area contributed by atoms with Gasteiger partial charge in [-0.1, -0.05) is 43.7 Å². The first kappa shape index (κ1) is 26.0. The van der Waals surface area contributed by atoms with Gasteiger partial charge in [-0.05, 0) is 42.7 Å². The fourth-order valence-corrected chi connectivity index (χ4v) is 5.06. The summed E-state index contributed by atoms with van der Waals surface area (Å²) in [5, 5.41) is 11.8. The lowest BCUT2D eigenvalue weighted by atomic mass is 9.95. The normalized spacial score (nSPS) is 18.5. The number of ketones is 1. The molecular formula is C30H34N2O6. The van der Waals surface area contributed by atoms with Gasteiger partial charge in [0.05, 0.1) is 31.4 Å². The number of carbonyl (C=O) groups is 2. The Morgan fingerprint density at radius 1 is 1.05 bits per heavy atom. The monoisotopic (exact) mass is 518 g/mol. The molecule has 5 rings (SSSR count). The average Bonchev–Trinajstić information content (AvgIpc) is 3.49. The van der Waals surface area contributed by atoms with Gasteiger partial charge in [0.15, 0.2) is 11.5 Å². The van der Waals surface area contributed by atoms with Gasteiger partial charge in [-0.15, -0.1) is 0 Å². The van der Waals surface area contributed by atoms with Gasteiger partial charge in [0.2, 0.25) is 5.78 Å². The number of rotatable bonds is 11. The number of fused-ring (bicyclic) bond motifs is 1. The maximum Gasteiger partial charge on any atom is 0.290 e. The zero-order valence-electron chi connectivity index (χ0n) is 21.7. The first-order valence-corrected chi connectivity index (χ1v) is 13.4. The highest BCUT2D eigenvalue weighted by Crippen LogP contribution is 2.40. The number of aliphatic hydroxyl groups excluding tert-OH is 1. The zero-order chi connectivity index (χ0) is 26.5. The van der Waals surface area contributed by atoms with Crippen LogP contribution in [0.1, 0.15) is 48.3 Å². The van der Waals surface area contributed by atoms with E-state index in [1.165, 1.54) is 0 Å². The molecule has 3 aromatic rings. The molecule has 2 aromatic carbocycles. The predicted octanol–water partition coefficient (Wildman–Crippen LogP) is 4.91. The number of carbonyl (C=O) groups excluding carboxylic acids is 2. The van der Waals surface area contributed by atoms with Crippen LogP contribution < -0.4 is 4.74 Å². The van der Waals surface area contributed by atoms with Gasteiger partial charge in [-0.25, -0.2) is 0 Å². The van der Waals surface area contributed by atoms with Crippen LogP contribution in [0.5, 0.6) is 5.75 Å². The van der Waals surface area contributed by atoms with Crippen molar-refractivity contribution < 1.29 is 28.6 Å². The molecule has 2 aliphatic rings.